The molecule has 4 heterocycles. The van der Waals surface area contributed by atoms with Crippen LogP contribution in [-0.2, 0) is 14.8 Å². The van der Waals surface area contributed by atoms with Gasteiger partial charge in [0.1, 0.15) is 4.21 Å². The lowest BCUT2D eigenvalue weighted by molar-refractivity contribution is -0.139. The Morgan fingerprint density at radius 2 is 1.67 bits per heavy atom. The molecule has 148 valence electrons. The molecule has 1 aromatic heterocycles. The number of thiophene rings is 1. The van der Waals surface area contributed by atoms with Crippen LogP contribution in [-0.4, -0.2) is 49.2 Å². The van der Waals surface area contributed by atoms with Gasteiger partial charge in [-0.15, -0.1) is 11.3 Å². The van der Waals surface area contributed by atoms with Gasteiger partial charge in [-0.3, -0.25) is 4.79 Å². The zero-order valence-corrected chi connectivity index (χ0v) is 17.3. The molecular formula is C20H28N2O3S2. The summed E-state index contributed by atoms with van der Waals surface area (Å²) in [5, 5.41) is 1.80. The van der Waals surface area contributed by atoms with Gasteiger partial charge in [0.15, 0.2) is 0 Å². The topological polar surface area (TPSA) is 57.7 Å². The zero-order valence-electron chi connectivity index (χ0n) is 15.6. The highest BCUT2D eigenvalue weighted by molar-refractivity contribution is 7.91. The predicted molar refractivity (Wildman–Crippen MR) is 105 cm³/mol. The minimum absolute atomic E-state index is 0.00420. The molecule has 0 aromatic carbocycles. The second-order valence-corrected chi connectivity index (χ2v) is 12.1. The van der Waals surface area contributed by atoms with Crippen molar-refractivity contribution in [1.82, 2.24) is 9.21 Å². The molecule has 4 bridgehead atoms. The van der Waals surface area contributed by atoms with E-state index in [0.29, 0.717) is 48.0 Å². The standard InChI is InChI=1S/C20H28N2O3S2/c23-20(22-13-16-9-14-8-15(10-16)12-18(22)11-14)17-3-5-21(6-4-17)27(24,25)19-2-1-7-26-19/h1-2,7,14-18H,3-6,8-13H2. The summed E-state index contributed by atoms with van der Waals surface area (Å²) < 4.78 is 27.4. The van der Waals surface area contributed by atoms with Crippen LogP contribution in [0.15, 0.2) is 21.7 Å². The molecule has 5 fully saturated rings. The molecule has 0 spiro atoms. The molecule has 2 saturated carbocycles. The Balaban J connectivity index is 1.25. The van der Waals surface area contributed by atoms with Crippen molar-refractivity contribution in [2.24, 2.45) is 23.7 Å². The summed E-state index contributed by atoms with van der Waals surface area (Å²) in [5.41, 5.74) is 0. The maximum atomic E-state index is 13.3. The van der Waals surface area contributed by atoms with Gasteiger partial charge >= 0.3 is 0 Å². The fourth-order valence-electron chi connectivity index (χ4n) is 6.17. The minimum Gasteiger partial charge on any atom is -0.339 e. The van der Waals surface area contributed by atoms with Crippen LogP contribution in [0.4, 0.5) is 0 Å². The van der Waals surface area contributed by atoms with Crippen LogP contribution >= 0.6 is 11.3 Å². The Hall–Kier alpha value is -0.920. The van der Waals surface area contributed by atoms with E-state index in [1.54, 1.807) is 21.8 Å². The number of carbonyl (C=O) groups excluding carboxylic acids is 1. The summed E-state index contributed by atoms with van der Waals surface area (Å²) >= 11 is 1.27. The molecule has 6 rings (SSSR count). The van der Waals surface area contributed by atoms with Gasteiger partial charge in [-0.1, -0.05) is 6.07 Å². The molecule has 5 aliphatic rings. The first-order valence-electron chi connectivity index (χ1n) is 10.3. The van der Waals surface area contributed by atoms with Crippen LogP contribution in [0.25, 0.3) is 0 Å². The third kappa shape index (κ3) is 3.25. The van der Waals surface area contributed by atoms with Crippen LogP contribution in [0.5, 0.6) is 0 Å². The molecule has 5 nitrogen and oxygen atoms in total. The maximum absolute atomic E-state index is 13.3. The quantitative estimate of drug-likeness (QED) is 0.772. The Bertz CT molecular complexity index is 785. The number of amides is 1. The van der Waals surface area contributed by atoms with Crippen molar-refractivity contribution in [3.8, 4) is 0 Å². The van der Waals surface area contributed by atoms with Gasteiger partial charge < -0.3 is 4.90 Å². The normalized spacial score (nSPS) is 34.7. The highest BCUT2D eigenvalue weighted by Gasteiger charge is 2.45. The van der Waals surface area contributed by atoms with Gasteiger partial charge in [-0.25, -0.2) is 8.42 Å². The first kappa shape index (κ1) is 18.1. The molecule has 2 unspecified atom stereocenters. The summed E-state index contributed by atoms with van der Waals surface area (Å²) in [5.74, 6) is 2.67. The number of piperidine rings is 1. The summed E-state index contributed by atoms with van der Waals surface area (Å²) in [6, 6.07) is 3.89. The van der Waals surface area contributed by atoms with Crippen LogP contribution < -0.4 is 0 Å². The molecule has 0 radical (unpaired) electrons. The summed E-state index contributed by atoms with van der Waals surface area (Å²) in [4.78, 5) is 15.5. The third-order valence-electron chi connectivity index (χ3n) is 7.28. The SMILES string of the molecule is O=C(C1CCN(S(=O)(=O)c2cccs2)CC1)N1CC2CC3CC(C2)CC1C3. The highest BCUT2D eigenvalue weighted by Crippen LogP contribution is 2.48. The zero-order chi connectivity index (χ0) is 18.6. The molecule has 27 heavy (non-hydrogen) atoms. The predicted octanol–water partition coefficient (Wildman–Crippen LogP) is 3.19. The number of carbonyl (C=O) groups is 1. The summed E-state index contributed by atoms with van der Waals surface area (Å²) in [6.07, 6.45) is 7.72. The van der Waals surface area contributed by atoms with E-state index in [1.807, 2.05) is 0 Å². The number of nitrogens with zero attached hydrogens (tertiary/aromatic N) is 2. The molecular weight excluding hydrogens is 380 g/mol. The number of fused-ring (bicyclic) bond motifs is 1. The molecule has 2 aliphatic carbocycles. The Morgan fingerprint density at radius 1 is 1.00 bits per heavy atom. The van der Waals surface area contributed by atoms with E-state index in [1.165, 1.54) is 43.4 Å². The Kier molecular flexibility index (Phi) is 4.60. The largest absolute Gasteiger partial charge is 0.339 e. The summed E-state index contributed by atoms with van der Waals surface area (Å²) in [6.45, 7) is 1.87. The Labute approximate surface area is 165 Å². The first-order chi connectivity index (χ1) is 13.0. The molecule has 3 saturated heterocycles. The van der Waals surface area contributed by atoms with Crippen molar-refractivity contribution in [2.75, 3.05) is 19.6 Å². The average molecular weight is 409 g/mol. The van der Waals surface area contributed by atoms with Crippen LogP contribution in [0.2, 0.25) is 0 Å². The lowest BCUT2D eigenvalue weighted by Gasteiger charge is -2.40. The molecule has 1 aromatic rings. The fourth-order valence-corrected chi connectivity index (χ4v) is 8.78. The number of hydrogen-bond donors (Lipinski definition) is 0. The monoisotopic (exact) mass is 408 g/mol. The first-order valence-corrected chi connectivity index (χ1v) is 12.7. The molecule has 7 heteroatoms. The van der Waals surface area contributed by atoms with Gasteiger partial charge in [0, 0.05) is 31.6 Å². The van der Waals surface area contributed by atoms with Crippen molar-refractivity contribution in [1.29, 1.82) is 0 Å². The lowest BCUT2D eigenvalue weighted by Crippen LogP contribution is -2.48. The van der Waals surface area contributed by atoms with E-state index in [4.69, 9.17) is 0 Å². The Morgan fingerprint density at radius 3 is 2.30 bits per heavy atom. The van der Waals surface area contributed by atoms with Crippen molar-refractivity contribution < 1.29 is 13.2 Å². The highest BCUT2D eigenvalue weighted by atomic mass is 32.2. The van der Waals surface area contributed by atoms with E-state index in [-0.39, 0.29) is 5.92 Å². The van der Waals surface area contributed by atoms with Gasteiger partial charge in [-0.2, -0.15) is 4.31 Å². The van der Waals surface area contributed by atoms with E-state index in [9.17, 15) is 13.2 Å². The lowest BCUT2D eigenvalue weighted by atomic mass is 9.68. The maximum Gasteiger partial charge on any atom is 0.252 e. The van der Waals surface area contributed by atoms with Crippen molar-refractivity contribution >= 4 is 27.3 Å². The summed E-state index contributed by atoms with van der Waals surface area (Å²) in [7, 11) is -3.39. The molecule has 3 aliphatic heterocycles. The fraction of sp³-hybridized carbons (Fsp3) is 0.750. The average Bonchev–Trinajstić information content (AvgIpc) is 3.13. The van der Waals surface area contributed by atoms with Gasteiger partial charge in [-0.05, 0) is 74.1 Å². The number of sulfonamides is 1. The van der Waals surface area contributed by atoms with Crippen molar-refractivity contribution in [3.05, 3.63) is 17.5 Å². The van der Waals surface area contributed by atoms with Gasteiger partial charge in [0.25, 0.3) is 10.0 Å². The third-order valence-corrected chi connectivity index (χ3v) is 10.6. The minimum atomic E-state index is -3.39. The van der Waals surface area contributed by atoms with Crippen LogP contribution in [0.3, 0.4) is 0 Å². The van der Waals surface area contributed by atoms with E-state index in [0.717, 1.165) is 18.4 Å². The van der Waals surface area contributed by atoms with E-state index < -0.39 is 10.0 Å². The number of rotatable bonds is 3. The molecule has 0 N–H and O–H groups in total. The van der Waals surface area contributed by atoms with Crippen LogP contribution in [0, 0.1) is 23.7 Å². The van der Waals surface area contributed by atoms with Crippen LogP contribution in [0.1, 0.15) is 44.9 Å². The molecule has 1 amide bonds. The van der Waals surface area contributed by atoms with Crippen molar-refractivity contribution in [3.63, 3.8) is 0 Å². The van der Waals surface area contributed by atoms with Gasteiger partial charge in [0.2, 0.25) is 5.91 Å². The smallest absolute Gasteiger partial charge is 0.252 e. The molecule has 2 atom stereocenters. The second-order valence-electron chi connectivity index (χ2n) is 9.03. The van der Waals surface area contributed by atoms with Crippen molar-refractivity contribution in [2.45, 2.75) is 55.2 Å². The van der Waals surface area contributed by atoms with E-state index in [2.05, 4.69) is 4.90 Å². The second kappa shape index (κ2) is 6.85. The van der Waals surface area contributed by atoms with Gasteiger partial charge in [0.05, 0.1) is 0 Å². The number of hydrogen-bond acceptors (Lipinski definition) is 4. The van der Waals surface area contributed by atoms with E-state index >= 15 is 0 Å².